The molecule has 1 saturated heterocycles. The fourth-order valence-electron chi connectivity index (χ4n) is 1.44. The lowest BCUT2D eigenvalue weighted by atomic mass is 10.1. The van der Waals surface area contributed by atoms with Crippen LogP contribution < -0.4 is 5.32 Å². The summed E-state index contributed by atoms with van der Waals surface area (Å²) in [5.74, 6) is 0. The normalized spacial score (nSPS) is 17.6. The molecule has 0 aromatic carbocycles. The highest BCUT2D eigenvalue weighted by atomic mass is 32.1. The van der Waals surface area contributed by atoms with Gasteiger partial charge in [-0.05, 0) is 37.9 Å². The summed E-state index contributed by atoms with van der Waals surface area (Å²) in [6.07, 6.45) is 5.11. The van der Waals surface area contributed by atoms with Gasteiger partial charge in [0, 0.05) is 19.6 Å². The van der Waals surface area contributed by atoms with Gasteiger partial charge in [0.25, 0.3) is 0 Å². The Morgan fingerprint density at radius 2 is 2.00 bits per heavy atom. The molecule has 0 amide bonds. The number of thiocarbonyl (C=S) groups is 1. The van der Waals surface area contributed by atoms with Crippen molar-refractivity contribution in [2.45, 2.75) is 32.6 Å². The molecule has 0 aromatic rings. The minimum atomic E-state index is 0.955. The van der Waals surface area contributed by atoms with Crippen LogP contribution in [0, 0.1) is 0 Å². The first-order valence-corrected chi connectivity index (χ1v) is 5.28. The maximum Gasteiger partial charge on any atom is 0.168 e. The summed E-state index contributed by atoms with van der Waals surface area (Å²) in [6.45, 7) is 5.46. The molecule has 1 fully saturated rings. The summed E-state index contributed by atoms with van der Waals surface area (Å²) in [5, 5.41) is 4.21. The van der Waals surface area contributed by atoms with E-state index in [4.69, 9.17) is 12.2 Å². The lowest BCUT2D eigenvalue weighted by molar-refractivity contribution is 0.338. The van der Waals surface area contributed by atoms with Crippen LogP contribution in [0.4, 0.5) is 0 Å². The summed E-state index contributed by atoms with van der Waals surface area (Å²) in [7, 11) is 0. The first kappa shape index (κ1) is 9.78. The largest absolute Gasteiger partial charge is 0.363 e. The van der Waals surface area contributed by atoms with E-state index in [9.17, 15) is 0 Å². The number of hydrogen-bond donors (Lipinski definition) is 1. The van der Waals surface area contributed by atoms with Crippen LogP contribution in [0.15, 0.2) is 0 Å². The molecule has 1 rings (SSSR count). The average molecular weight is 186 g/mol. The van der Waals surface area contributed by atoms with Crippen LogP contribution in [0.1, 0.15) is 32.6 Å². The Labute approximate surface area is 80.3 Å². The van der Waals surface area contributed by atoms with Crippen molar-refractivity contribution in [2.24, 2.45) is 0 Å². The van der Waals surface area contributed by atoms with Crippen molar-refractivity contribution in [3.05, 3.63) is 0 Å². The van der Waals surface area contributed by atoms with E-state index in [0.29, 0.717) is 0 Å². The van der Waals surface area contributed by atoms with E-state index in [1.807, 2.05) is 0 Å². The Hall–Kier alpha value is -0.310. The molecule has 1 heterocycles. The molecular weight excluding hydrogens is 168 g/mol. The molecule has 3 heteroatoms. The smallest absolute Gasteiger partial charge is 0.168 e. The molecule has 70 valence electrons. The van der Waals surface area contributed by atoms with E-state index < -0.39 is 0 Å². The van der Waals surface area contributed by atoms with Crippen molar-refractivity contribution in [2.75, 3.05) is 19.6 Å². The van der Waals surface area contributed by atoms with Gasteiger partial charge in [0.1, 0.15) is 0 Å². The van der Waals surface area contributed by atoms with Gasteiger partial charge in [0.2, 0.25) is 0 Å². The van der Waals surface area contributed by atoms with Gasteiger partial charge in [-0.2, -0.15) is 0 Å². The number of hydrogen-bond acceptors (Lipinski definition) is 1. The lowest BCUT2D eigenvalue weighted by Gasteiger charge is -2.29. The van der Waals surface area contributed by atoms with Crippen LogP contribution in [-0.4, -0.2) is 29.6 Å². The third kappa shape index (κ3) is 2.97. The second kappa shape index (κ2) is 5.36. The van der Waals surface area contributed by atoms with Crippen LogP contribution >= 0.6 is 12.2 Å². The molecule has 1 aliphatic heterocycles. The molecule has 2 nitrogen and oxygen atoms in total. The Morgan fingerprint density at radius 3 is 2.58 bits per heavy atom. The molecular formula is C9H18N2S. The van der Waals surface area contributed by atoms with Gasteiger partial charge in [0.15, 0.2) is 5.11 Å². The van der Waals surface area contributed by atoms with E-state index in [1.165, 1.54) is 19.3 Å². The standard InChI is InChI=1S/C9H18N2S/c1-2-6-10-9(12)11-7-4-3-5-8-11/h2-8H2,1H3,(H,10,12). The molecule has 1 N–H and O–H groups in total. The van der Waals surface area contributed by atoms with Gasteiger partial charge >= 0.3 is 0 Å². The van der Waals surface area contributed by atoms with Gasteiger partial charge in [-0.3, -0.25) is 0 Å². The second-order valence-corrected chi connectivity index (χ2v) is 3.67. The number of nitrogens with zero attached hydrogens (tertiary/aromatic N) is 1. The topological polar surface area (TPSA) is 15.3 Å². The molecule has 0 unspecified atom stereocenters. The zero-order chi connectivity index (χ0) is 8.81. The number of likely N-dealkylation sites (tertiary alicyclic amines) is 1. The molecule has 0 aliphatic carbocycles. The molecule has 0 aromatic heterocycles. The van der Waals surface area contributed by atoms with Gasteiger partial charge < -0.3 is 10.2 Å². The van der Waals surface area contributed by atoms with Crippen molar-refractivity contribution in [1.82, 2.24) is 10.2 Å². The fraction of sp³-hybridized carbons (Fsp3) is 0.889. The first-order chi connectivity index (χ1) is 5.84. The molecule has 12 heavy (non-hydrogen) atoms. The van der Waals surface area contributed by atoms with Crippen molar-refractivity contribution in [3.63, 3.8) is 0 Å². The fourth-order valence-corrected chi connectivity index (χ4v) is 1.73. The summed E-state index contributed by atoms with van der Waals surface area (Å²) in [6, 6.07) is 0. The van der Waals surface area contributed by atoms with E-state index in [1.54, 1.807) is 0 Å². The predicted molar refractivity (Wildman–Crippen MR) is 56.3 cm³/mol. The SMILES string of the molecule is CCCNC(=S)N1CCCCC1. The van der Waals surface area contributed by atoms with Crippen LogP contribution in [0.3, 0.4) is 0 Å². The number of nitrogens with one attached hydrogen (secondary N) is 1. The summed E-state index contributed by atoms with van der Waals surface area (Å²) < 4.78 is 0. The predicted octanol–water partition coefficient (Wildman–Crippen LogP) is 1.76. The van der Waals surface area contributed by atoms with Crippen LogP contribution in [-0.2, 0) is 0 Å². The molecule has 0 saturated carbocycles. The summed E-state index contributed by atoms with van der Waals surface area (Å²) >= 11 is 5.25. The maximum atomic E-state index is 5.25. The quantitative estimate of drug-likeness (QED) is 0.662. The number of rotatable bonds is 2. The highest BCUT2D eigenvalue weighted by Gasteiger charge is 2.11. The van der Waals surface area contributed by atoms with Crippen molar-refractivity contribution >= 4 is 17.3 Å². The van der Waals surface area contributed by atoms with Gasteiger partial charge in [-0.1, -0.05) is 6.92 Å². The third-order valence-electron chi connectivity index (χ3n) is 2.17. The van der Waals surface area contributed by atoms with Crippen molar-refractivity contribution < 1.29 is 0 Å². The molecule has 1 aliphatic rings. The Morgan fingerprint density at radius 1 is 1.33 bits per heavy atom. The average Bonchev–Trinajstić information content (AvgIpc) is 2.15. The van der Waals surface area contributed by atoms with E-state index >= 15 is 0 Å². The van der Waals surface area contributed by atoms with Gasteiger partial charge in [-0.15, -0.1) is 0 Å². The van der Waals surface area contributed by atoms with Crippen LogP contribution in [0.25, 0.3) is 0 Å². The van der Waals surface area contributed by atoms with Crippen LogP contribution in [0.5, 0.6) is 0 Å². The zero-order valence-electron chi connectivity index (χ0n) is 7.81. The van der Waals surface area contributed by atoms with E-state index in [0.717, 1.165) is 31.2 Å². The van der Waals surface area contributed by atoms with Gasteiger partial charge in [-0.25, -0.2) is 0 Å². The first-order valence-electron chi connectivity index (χ1n) is 4.87. The highest BCUT2D eigenvalue weighted by Crippen LogP contribution is 2.08. The number of piperidine rings is 1. The molecule has 0 spiro atoms. The van der Waals surface area contributed by atoms with Crippen molar-refractivity contribution in [3.8, 4) is 0 Å². The Kier molecular flexibility index (Phi) is 4.36. The molecule has 0 bridgehead atoms. The molecule has 0 atom stereocenters. The molecule has 0 radical (unpaired) electrons. The van der Waals surface area contributed by atoms with E-state index in [-0.39, 0.29) is 0 Å². The van der Waals surface area contributed by atoms with Crippen molar-refractivity contribution in [1.29, 1.82) is 0 Å². The second-order valence-electron chi connectivity index (χ2n) is 3.28. The third-order valence-corrected chi connectivity index (χ3v) is 2.57. The maximum absolute atomic E-state index is 5.25. The Bertz CT molecular complexity index is 141. The summed E-state index contributed by atoms with van der Waals surface area (Å²) in [4.78, 5) is 2.29. The summed E-state index contributed by atoms with van der Waals surface area (Å²) in [5.41, 5.74) is 0. The minimum Gasteiger partial charge on any atom is -0.363 e. The lowest BCUT2D eigenvalue weighted by Crippen LogP contribution is -2.42. The zero-order valence-corrected chi connectivity index (χ0v) is 8.62. The highest BCUT2D eigenvalue weighted by molar-refractivity contribution is 7.80. The Balaban J connectivity index is 2.20. The van der Waals surface area contributed by atoms with Gasteiger partial charge in [0.05, 0.1) is 0 Å². The van der Waals surface area contributed by atoms with Crippen LogP contribution in [0.2, 0.25) is 0 Å². The monoisotopic (exact) mass is 186 g/mol. The minimum absolute atomic E-state index is 0.955. The van der Waals surface area contributed by atoms with E-state index in [2.05, 4.69) is 17.1 Å².